The Balaban J connectivity index is 1.33. The van der Waals surface area contributed by atoms with Gasteiger partial charge in [-0.3, -0.25) is 14.5 Å². The molecule has 2 saturated heterocycles. The molecule has 0 unspecified atom stereocenters. The summed E-state index contributed by atoms with van der Waals surface area (Å²) in [5.74, 6) is -0.937. The molecule has 3 aliphatic heterocycles. The van der Waals surface area contributed by atoms with Crippen molar-refractivity contribution in [1.82, 2.24) is 9.80 Å². The lowest BCUT2D eigenvalue weighted by Gasteiger charge is -2.34. The summed E-state index contributed by atoms with van der Waals surface area (Å²) >= 11 is 0. The van der Waals surface area contributed by atoms with E-state index in [1.165, 1.54) is 7.11 Å². The highest BCUT2D eigenvalue weighted by molar-refractivity contribution is 8.35. The van der Waals surface area contributed by atoms with Gasteiger partial charge in [-0.2, -0.15) is 0 Å². The number of benzene rings is 3. The molecule has 3 heterocycles. The predicted octanol–water partition coefficient (Wildman–Crippen LogP) is 4.87. The van der Waals surface area contributed by atoms with E-state index in [1.807, 2.05) is 59.5 Å². The van der Waals surface area contributed by atoms with Crippen LogP contribution in [0.1, 0.15) is 42.0 Å². The Morgan fingerprint density at radius 2 is 1.68 bits per heavy atom. The number of esters is 1. The Morgan fingerprint density at radius 1 is 0.936 bits per heavy atom. The fourth-order valence-electron chi connectivity index (χ4n) is 6.04. The van der Waals surface area contributed by atoms with Gasteiger partial charge in [-0.1, -0.05) is 40.9 Å². The third-order valence-corrected chi connectivity index (χ3v) is 11.1. The summed E-state index contributed by atoms with van der Waals surface area (Å²) in [5, 5.41) is 0. The second-order valence-electron chi connectivity index (χ2n) is 11.4. The van der Waals surface area contributed by atoms with E-state index < -0.39 is 22.5 Å². The van der Waals surface area contributed by atoms with E-state index in [-0.39, 0.29) is 18.3 Å². The minimum absolute atomic E-state index is 0.0621. The van der Waals surface area contributed by atoms with Crippen LogP contribution in [0.5, 0.6) is 11.5 Å². The third kappa shape index (κ3) is 6.43. The molecule has 0 aliphatic carbocycles. The van der Waals surface area contributed by atoms with Gasteiger partial charge in [0.05, 0.1) is 37.3 Å². The van der Waals surface area contributed by atoms with Crippen molar-refractivity contribution in [3.05, 3.63) is 89.0 Å². The summed E-state index contributed by atoms with van der Waals surface area (Å²) in [6.45, 7) is 4.63. The number of nitrogens with zero attached hydrogens (tertiary/aromatic N) is 2. The summed E-state index contributed by atoms with van der Waals surface area (Å²) in [7, 11) is 0.0650. The molecular weight excluding hydrogens is 624 g/mol. The lowest BCUT2D eigenvalue weighted by atomic mass is 9.95. The lowest BCUT2D eigenvalue weighted by molar-refractivity contribution is -0.150. The zero-order chi connectivity index (χ0) is 33.1. The van der Waals surface area contributed by atoms with Gasteiger partial charge in [0.1, 0.15) is 11.5 Å². The molecule has 0 aromatic heterocycles. The van der Waals surface area contributed by atoms with Gasteiger partial charge < -0.3 is 27.5 Å². The Labute approximate surface area is 274 Å². The summed E-state index contributed by atoms with van der Waals surface area (Å²) in [5.41, 5.74) is 4.40. The van der Waals surface area contributed by atoms with E-state index in [2.05, 4.69) is 9.64 Å². The summed E-state index contributed by atoms with van der Waals surface area (Å²) in [6.07, 6.45) is 1.21. The first kappa shape index (κ1) is 32.1. The van der Waals surface area contributed by atoms with Crippen molar-refractivity contribution in [2.75, 3.05) is 40.6 Å². The molecule has 0 saturated carbocycles. The second kappa shape index (κ2) is 13.5. The van der Waals surface area contributed by atoms with Gasteiger partial charge in [0.15, 0.2) is 0 Å². The Hall–Kier alpha value is -4.81. The van der Waals surface area contributed by atoms with Gasteiger partial charge in [0, 0.05) is 56.1 Å². The highest BCUT2D eigenvalue weighted by Gasteiger charge is 2.52. The first-order chi connectivity index (χ1) is 22.7. The molecule has 246 valence electrons. The van der Waals surface area contributed by atoms with Crippen molar-refractivity contribution in [2.24, 2.45) is 0 Å². The first-order valence-electron chi connectivity index (χ1n) is 15.3. The number of ether oxygens (including phenoxy) is 3. The van der Waals surface area contributed by atoms with Crippen LogP contribution < -0.4 is 9.47 Å². The van der Waals surface area contributed by atoms with Crippen LogP contribution in [0, 0.1) is 0 Å². The second-order valence-corrected chi connectivity index (χ2v) is 13.6. The molecular formula is C35H36N2O9S. The number of carbonyl (C=O) groups excluding carboxylic acids is 4. The Bertz CT molecular complexity index is 1740. The van der Waals surface area contributed by atoms with Crippen LogP contribution in [0.4, 0.5) is 0 Å². The maximum absolute atomic E-state index is 12.6. The van der Waals surface area contributed by atoms with Crippen LogP contribution in [0.3, 0.4) is 0 Å². The molecule has 47 heavy (non-hydrogen) atoms. The van der Waals surface area contributed by atoms with Crippen molar-refractivity contribution in [2.45, 2.75) is 37.6 Å². The summed E-state index contributed by atoms with van der Waals surface area (Å²) in [6, 6.07) is 20.9. The monoisotopic (exact) mass is 660 g/mol. The third-order valence-electron chi connectivity index (χ3n) is 8.36. The molecule has 3 aliphatic rings. The number of amides is 1. The molecule has 2 fully saturated rings. The Kier molecular flexibility index (Phi) is 9.24. The van der Waals surface area contributed by atoms with Crippen molar-refractivity contribution in [3.8, 4) is 11.5 Å². The highest BCUT2D eigenvalue weighted by Crippen LogP contribution is 2.76. The molecule has 0 bridgehead atoms. The van der Waals surface area contributed by atoms with Gasteiger partial charge in [-0.15, -0.1) is 0 Å². The molecule has 11 nitrogen and oxygen atoms in total. The number of allylic oxidation sites excluding steroid dienone is 1. The minimum atomic E-state index is -2.93. The van der Waals surface area contributed by atoms with E-state index >= 15 is 0 Å². The fourth-order valence-corrected chi connectivity index (χ4v) is 8.89. The SMILES string of the molecule is COC(=O)CCCOc1ccc(C2=C(Cc3ccc(CN4CCN(C(C)=O)C4)c(OC)c3)c3ccccc3S23OC(=O)C(=O)O3)cc1. The molecule has 3 aromatic carbocycles. The quantitative estimate of drug-likeness (QED) is 0.160. The Morgan fingerprint density at radius 3 is 2.36 bits per heavy atom. The molecule has 3 aromatic rings. The smallest absolute Gasteiger partial charge is 0.442 e. The van der Waals surface area contributed by atoms with Gasteiger partial charge in [0.25, 0.3) is 0 Å². The summed E-state index contributed by atoms with van der Waals surface area (Å²) < 4.78 is 28.1. The van der Waals surface area contributed by atoms with E-state index in [1.54, 1.807) is 26.2 Å². The zero-order valence-electron chi connectivity index (χ0n) is 26.5. The van der Waals surface area contributed by atoms with Crippen LogP contribution in [-0.2, 0) is 45.2 Å². The molecule has 12 heteroatoms. The maximum atomic E-state index is 12.6. The highest BCUT2D eigenvalue weighted by atomic mass is 32.3. The van der Waals surface area contributed by atoms with Crippen LogP contribution in [0.25, 0.3) is 10.5 Å². The maximum Gasteiger partial charge on any atom is 0.442 e. The van der Waals surface area contributed by atoms with E-state index in [0.717, 1.165) is 40.1 Å². The van der Waals surface area contributed by atoms with Gasteiger partial charge >= 0.3 is 17.9 Å². The van der Waals surface area contributed by atoms with Crippen molar-refractivity contribution in [1.29, 1.82) is 0 Å². The molecule has 1 spiro atoms. The fraction of sp³-hybridized carbons (Fsp3) is 0.314. The van der Waals surface area contributed by atoms with Crippen LogP contribution >= 0.6 is 10.6 Å². The van der Waals surface area contributed by atoms with Crippen LogP contribution in [0.15, 0.2) is 71.6 Å². The topological polar surface area (TPSA) is 121 Å². The molecule has 6 rings (SSSR count). The number of carbonyl (C=O) groups is 4. The number of hydrogen-bond acceptors (Lipinski definition) is 10. The molecule has 0 radical (unpaired) electrons. The largest absolute Gasteiger partial charge is 0.496 e. The molecule has 0 N–H and O–H groups in total. The average Bonchev–Trinajstić information content (AvgIpc) is 3.74. The number of methoxy groups -OCH3 is 2. The van der Waals surface area contributed by atoms with Crippen LogP contribution in [0.2, 0.25) is 0 Å². The number of rotatable bonds is 11. The van der Waals surface area contributed by atoms with Crippen molar-refractivity contribution < 1.29 is 41.8 Å². The zero-order valence-corrected chi connectivity index (χ0v) is 27.3. The van der Waals surface area contributed by atoms with E-state index in [4.69, 9.17) is 17.8 Å². The predicted molar refractivity (Wildman–Crippen MR) is 174 cm³/mol. The van der Waals surface area contributed by atoms with Gasteiger partial charge in [0.2, 0.25) is 5.91 Å². The standard InChI is InChI=1S/C35H36N2O9S/c1-23(38)37-17-16-36(22-37)21-26-11-10-24(20-30(26)42-2)19-29-28-7-4-5-8-31(28)47(45-34(40)35(41)46-47)33(29)25-12-14-27(15-13-25)44-18-6-9-32(39)43-3/h4-5,7-8,10-15,20H,6,9,16-19,21-22H2,1-3H3. The number of fused-ring (bicyclic) bond motifs is 2. The normalized spacial score (nSPS) is 17.4. The summed E-state index contributed by atoms with van der Waals surface area (Å²) in [4.78, 5) is 53.7. The van der Waals surface area contributed by atoms with E-state index in [9.17, 15) is 19.2 Å². The van der Waals surface area contributed by atoms with Crippen molar-refractivity contribution in [3.63, 3.8) is 0 Å². The van der Waals surface area contributed by atoms with Gasteiger partial charge in [-0.05, 0) is 54.0 Å². The minimum Gasteiger partial charge on any atom is -0.496 e. The average molecular weight is 661 g/mol. The first-order valence-corrected chi connectivity index (χ1v) is 16.8. The van der Waals surface area contributed by atoms with Crippen molar-refractivity contribution >= 4 is 44.9 Å². The van der Waals surface area contributed by atoms with E-state index in [0.29, 0.717) is 54.8 Å². The van der Waals surface area contributed by atoms with Crippen LogP contribution in [-0.4, -0.2) is 74.2 Å². The molecule has 1 amide bonds. The van der Waals surface area contributed by atoms with Gasteiger partial charge in [-0.25, -0.2) is 9.59 Å². The lowest BCUT2D eigenvalue weighted by Crippen LogP contribution is -2.28. The number of hydrogen-bond donors (Lipinski definition) is 0. The molecule has 0 atom stereocenters.